The summed E-state index contributed by atoms with van der Waals surface area (Å²) in [6, 6.07) is 6.52. The van der Waals surface area contributed by atoms with Gasteiger partial charge in [-0.25, -0.2) is 13.6 Å². The van der Waals surface area contributed by atoms with Crippen LogP contribution in [0.2, 0.25) is 0 Å². The lowest BCUT2D eigenvalue weighted by Crippen LogP contribution is -2.08. The molecule has 6 heteroatoms. The molecule has 110 valence electrons. The topological polar surface area (TPSA) is 64.3 Å². The molecule has 4 nitrogen and oxygen atoms in total. The molecule has 0 atom stereocenters. The molecule has 0 radical (unpaired) electrons. The average Bonchev–Trinajstić information content (AvgIpc) is 2.45. The lowest BCUT2D eigenvalue weighted by atomic mass is 10.1. The molecule has 0 aliphatic heterocycles. The molecular formula is C15H14F2N2O2. The van der Waals surface area contributed by atoms with Gasteiger partial charge in [-0.3, -0.25) is 0 Å². The molecule has 0 aliphatic carbocycles. The number of hydrogen-bond acceptors (Lipinski definition) is 4. The van der Waals surface area contributed by atoms with E-state index >= 15 is 0 Å². The van der Waals surface area contributed by atoms with Gasteiger partial charge in [-0.15, -0.1) is 0 Å². The maximum Gasteiger partial charge on any atom is 0.340 e. The second kappa shape index (κ2) is 5.78. The molecule has 0 unspecified atom stereocenters. The molecule has 3 N–H and O–H groups in total. The Kier molecular flexibility index (Phi) is 4.07. The summed E-state index contributed by atoms with van der Waals surface area (Å²) in [5.74, 6) is -2.08. The highest BCUT2D eigenvalue weighted by atomic mass is 19.1. The molecule has 0 bridgehead atoms. The first-order chi connectivity index (χ1) is 9.93. The van der Waals surface area contributed by atoms with Crippen LogP contribution >= 0.6 is 0 Å². The number of anilines is 3. The van der Waals surface area contributed by atoms with E-state index in [-0.39, 0.29) is 16.9 Å². The lowest BCUT2D eigenvalue weighted by Gasteiger charge is -2.13. The van der Waals surface area contributed by atoms with Gasteiger partial charge in [0.15, 0.2) is 0 Å². The van der Waals surface area contributed by atoms with Gasteiger partial charge in [0.25, 0.3) is 0 Å². The summed E-state index contributed by atoms with van der Waals surface area (Å²) in [6.45, 7) is 1.69. The van der Waals surface area contributed by atoms with Crippen molar-refractivity contribution in [2.75, 3.05) is 18.2 Å². The van der Waals surface area contributed by atoms with Gasteiger partial charge in [-0.1, -0.05) is 6.07 Å². The summed E-state index contributed by atoms with van der Waals surface area (Å²) in [4.78, 5) is 11.6. The Labute approximate surface area is 120 Å². The van der Waals surface area contributed by atoms with E-state index < -0.39 is 17.6 Å². The molecule has 2 aromatic rings. The third-order valence-electron chi connectivity index (χ3n) is 3.02. The highest BCUT2D eigenvalue weighted by Gasteiger charge is 2.15. The van der Waals surface area contributed by atoms with Gasteiger partial charge in [0.1, 0.15) is 17.3 Å². The van der Waals surface area contributed by atoms with Crippen molar-refractivity contribution >= 4 is 23.0 Å². The third-order valence-corrected chi connectivity index (χ3v) is 3.02. The second-order valence-electron chi connectivity index (χ2n) is 4.47. The minimum Gasteiger partial charge on any atom is -0.465 e. The fourth-order valence-electron chi connectivity index (χ4n) is 1.91. The number of nitrogens with two attached hydrogens (primary N) is 1. The van der Waals surface area contributed by atoms with Crippen LogP contribution < -0.4 is 11.1 Å². The first-order valence-corrected chi connectivity index (χ1v) is 6.13. The number of methoxy groups -OCH3 is 1. The fraction of sp³-hybridized carbons (Fsp3) is 0.133. The summed E-state index contributed by atoms with van der Waals surface area (Å²) < 4.78 is 31.9. The Morgan fingerprint density at radius 2 is 1.86 bits per heavy atom. The monoisotopic (exact) mass is 292 g/mol. The quantitative estimate of drug-likeness (QED) is 0.672. The van der Waals surface area contributed by atoms with Crippen molar-refractivity contribution in [2.45, 2.75) is 6.92 Å². The van der Waals surface area contributed by atoms with E-state index in [1.54, 1.807) is 13.0 Å². The van der Waals surface area contributed by atoms with Crippen LogP contribution in [0.4, 0.5) is 25.8 Å². The molecule has 0 spiro atoms. The van der Waals surface area contributed by atoms with Crippen molar-refractivity contribution in [1.82, 2.24) is 0 Å². The van der Waals surface area contributed by atoms with Crippen LogP contribution in [0.15, 0.2) is 30.3 Å². The van der Waals surface area contributed by atoms with Gasteiger partial charge in [-0.2, -0.15) is 0 Å². The van der Waals surface area contributed by atoms with E-state index in [1.807, 2.05) is 0 Å². The van der Waals surface area contributed by atoms with Crippen LogP contribution in [0, 0.1) is 18.6 Å². The third kappa shape index (κ3) is 2.94. The highest BCUT2D eigenvalue weighted by Crippen LogP contribution is 2.28. The molecule has 2 rings (SSSR count). The number of nitrogen functional groups attached to an aromatic ring is 1. The SMILES string of the molecule is COC(=O)c1cc(Nc2c(F)cccc2F)cc(C)c1N. The summed E-state index contributed by atoms with van der Waals surface area (Å²) in [5, 5.41) is 2.61. The van der Waals surface area contributed by atoms with Crippen LogP contribution in [0.1, 0.15) is 15.9 Å². The van der Waals surface area contributed by atoms with Crippen molar-refractivity contribution < 1.29 is 18.3 Å². The highest BCUT2D eigenvalue weighted by molar-refractivity contribution is 5.97. The number of ether oxygens (including phenoxy) is 1. The number of hydrogen-bond donors (Lipinski definition) is 2. The molecule has 0 fully saturated rings. The standard InChI is InChI=1S/C15H14F2N2O2/c1-8-6-9(7-10(13(8)18)15(20)21-2)19-14-11(16)4-3-5-12(14)17/h3-7,19H,18H2,1-2H3. The van der Waals surface area contributed by atoms with E-state index in [1.165, 1.54) is 19.2 Å². The zero-order valence-electron chi connectivity index (χ0n) is 11.5. The summed E-state index contributed by atoms with van der Waals surface area (Å²) in [7, 11) is 1.23. The average molecular weight is 292 g/mol. The number of aryl methyl sites for hydroxylation is 1. The van der Waals surface area contributed by atoms with E-state index in [4.69, 9.17) is 5.73 Å². The second-order valence-corrected chi connectivity index (χ2v) is 4.47. The Balaban J connectivity index is 2.46. The van der Waals surface area contributed by atoms with Crippen LogP contribution in [0.5, 0.6) is 0 Å². The van der Waals surface area contributed by atoms with Crippen molar-refractivity contribution in [2.24, 2.45) is 0 Å². The maximum atomic E-state index is 13.6. The van der Waals surface area contributed by atoms with Gasteiger partial charge in [0, 0.05) is 11.4 Å². The number of esters is 1. The molecule has 21 heavy (non-hydrogen) atoms. The Morgan fingerprint density at radius 3 is 2.43 bits per heavy atom. The molecule has 0 amide bonds. The molecule has 0 aromatic heterocycles. The Morgan fingerprint density at radius 1 is 1.24 bits per heavy atom. The number of carbonyl (C=O) groups excluding carboxylic acids is 1. The smallest absolute Gasteiger partial charge is 0.340 e. The molecule has 2 aromatic carbocycles. The Bertz CT molecular complexity index is 682. The van der Waals surface area contributed by atoms with Crippen molar-refractivity contribution in [3.05, 3.63) is 53.1 Å². The normalized spacial score (nSPS) is 10.3. The maximum absolute atomic E-state index is 13.6. The summed E-state index contributed by atoms with van der Waals surface area (Å²) in [6.07, 6.45) is 0. The number of carbonyl (C=O) groups is 1. The molecular weight excluding hydrogens is 278 g/mol. The predicted octanol–water partition coefficient (Wildman–Crippen LogP) is 3.39. The minimum absolute atomic E-state index is 0.136. The van der Waals surface area contributed by atoms with Crippen LogP contribution in [0.3, 0.4) is 0 Å². The molecule has 0 aliphatic rings. The van der Waals surface area contributed by atoms with Gasteiger partial charge in [0.2, 0.25) is 0 Å². The van der Waals surface area contributed by atoms with Crippen molar-refractivity contribution in [3.8, 4) is 0 Å². The van der Waals surface area contributed by atoms with Gasteiger partial charge in [-0.05, 0) is 36.8 Å². The van der Waals surface area contributed by atoms with Crippen molar-refractivity contribution in [3.63, 3.8) is 0 Å². The largest absolute Gasteiger partial charge is 0.465 e. The van der Waals surface area contributed by atoms with Crippen LogP contribution in [-0.4, -0.2) is 13.1 Å². The summed E-state index contributed by atoms with van der Waals surface area (Å²) in [5.41, 5.74) is 6.85. The fourth-order valence-corrected chi connectivity index (χ4v) is 1.91. The number of nitrogens with one attached hydrogen (secondary N) is 1. The molecule has 0 saturated carbocycles. The van der Waals surface area contributed by atoms with Crippen molar-refractivity contribution in [1.29, 1.82) is 0 Å². The zero-order valence-corrected chi connectivity index (χ0v) is 11.5. The van der Waals surface area contributed by atoms with Gasteiger partial charge < -0.3 is 15.8 Å². The zero-order chi connectivity index (χ0) is 15.6. The number of benzene rings is 2. The van der Waals surface area contributed by atoms with Crippen LogP contribution in [-0.2, 0) is 4.74 Å². The Hall–Kier alpha value is -2.63. The lowest BCUT2D eigenvalue weighted by molar-refractivity contribution is 0.0602. The van der Waals surface area contributed by atoms with E-state index in [0.29, 0.717) is 11.3 Å². The summed E-state index contributed by atoms with van der Waals surface area (Å²) >= 11 is 0. The first-order valence-electron chi connectivity index (χ1n) is 6.13. The van der Waals surface area contributed by atoms with Crippen LogP contribution in [0.25, 0.3) is 0 Å². The van der Waals surface area contributed by atoms with E-state index in [9.17, 15) is 13.6 Å². The first kappa shape index (κ1) is 14.8. The minimum atomic E-state index is -0.732. The van der Waals surface area contributed by atoms with E-state index in [0.717, 1.165) is 12.1 Å². The molecule has 0 saturated heterocycles. The predicted molar refractivity (Wildman–Crippen MR) is 76.6 cm³/mol. The number of para-hydroxylation sites is 1. The van der Waals surface area contributed by atoms with Gasteiger partial charge >= 0.3 is 5.97 Å². The van der Waals surface area contributed by atoms with Gasteiger partial charge in [0.05, 0.1) is 12.7 Å². The molecule has 0 heterocycles. The number of halogens is 2. The number of rotatable bonds is 3. The van der Waals surface area contributed by atoms with E-state index in [2.05, 4.69) is 10.1 Å².